The van der Waals surface area contributed by atoms with E-state index in [-0.39, 0.29) is 11.5 Å². The maximum atomic E-state index is 12.4. The number of ether oxygens (including phenoxy) is 1. The van der Waals surface area contributed by atoms with Gasteiger partial charge in [-0.2, -0.15) is 5.26 Å². The number of carbonyl (C=O) groups excluding carboxylic acids is 3. The predicted molar refractivity (Wildman–Crippen MR) is 128 cm³/mol. The summed E-state index contributed by atoms with van der Waals surface area (Å²) in [5.41, 5.74) is 2.98. The Labute approximate surface area is 195 Å². The fourth-order valence-corrected chi connectivity index (χ4v) is 3.18. The number of nitriles is 1. The van der Waals surface area contributed by atoms with E-state index in [9.17, 15) is 19.6 Å². The highest BCUT2D eigenvalue weighted by atomic mass is 16.5. The Balaban J connectivity index is 2.03. The van der Waals surface area contributed by atoms with Gasteiger partial charge >= 0.3 is 5.97 Å². The van der Waals surface area contributed by atoms with Crippen LogP contribution < -0.4 is 5.32 Å². The summed E-state index contributed by atoms with van der Waals surface area (Å²) in [6.45, 7) is 11.8. The second-order valence-electron chi connectivity index (χ2n) is 8.93. The number of benzene rings is 1. The number of anilines is 1. The van der Waals surface area contributed by atoms with Crippen LogP contribution in [0.3, 0.4) is 0 Å². The van der Waals surface area contributed by atoms with Crippen LogP contribution in [0.25, 0.3) is 6.08 Å². The van der Waals surface area contributed by atoms with Crippen LogP contribution in [-0.4, -0.2) is 28.8 Å². The highest BCUT2D eigenvalue weighted by Gasteiger charge is 2.21. The molecule has 7 nitrogen and oxygen atoms in total. The minimum Gasteiger partial charge on any atom is -0.453 e. The van der Waals surface area contributed by atoms with E-state index in [0.29, 0.717) is 11.3 Å². The molecule has 0 aliphatic rings. The van der Waals surface area contributed by atoms with Crippen LogP contribution in [0.2, 0.25) is 0 Å². The first-order chi connectivity index (χ1) is 15.5. The van der Waals surface area contributed by atoms with E-state index in [1.54, 1.807) is 24.3 Å². The van der Waals surface area contributed by atoms with Gasteiger partial charge in [-0.15, -0.1) is 0 Å². The highest BCUT2D eigenvalue weighted by molar-refractivity contribution is 6.02. The number of ketones is 1. The molecule has 33 heavy (non-hydrogen) atoms. The van der Waals surface area contributed by atoms with Gasteiger partial charge in [-0.3, -0.25) is 9.59 Å². The summed E-state index contributed by atoms with van der Waals surface area (Å²) in [5.74, 6) is -1.39. The van der Waals surface area contributed by atoms with Crippen molar-refractivity contribution in [2.45, 2.75) is 54.5 Å². The molecule has 1 heterocycles. The van der Waals surface area contributed by atoms with Gasteiger partial charge in [0.05, 0.1) is 0 Å². The maximum Gasteiger partial charge on any atom is 0.349 e. The van der Waals surface area contributed by atoms with Crippen molar-refractivity contribution in [2.24, 2.45) is 5.41 Å². The molecule has 0 aliphatic carbocycles. The second kappa shape index (κ2) is 10.8. The third-order valence-electron chi connectivity index (χ3n) is 5.18. The third kappa shape index (κ3) is 6.66. The number of rotatable bonds is 8. The van der Waals surface area contributed by atoms with Gasteiger partial charge in [0, 0.05) is 34.6 Å². The van der Waals surface area contributed by atoms with E-state index in [2.05, 4.69) is 16.8 Å². The molecular formula is C26H31N3O4. The number of nitrogens with one attached hydrogen (secondary N) is 1. The summed E-state index contributed by atoms with van der Waals surface area (Å²) in [4.78, 5) is 36.9. The fourth-order valence-electron chi connectivity index (χ4n) is 3.18. The second-order valence-corrected chi connectivity index (χ2v) is 8.93. The molecule has 1 amide bonds. The first-order valence-corrected chi connectivity index (χ1v) is 10.9. The summed E-state index contributed by atoms with van der Waals surface area (Å²) in [5, 5.41) is 12.2. The first kappa shape index (κ1) is 25.6. The number of amides is 1. The molecule has 1 aromatic carbocycles. The quantitative estimate of drug-likeness (QED) is 0.269. The molecule has 1 N–H and O–H groups in total. The molecule has 0 atom stereocenters. The Kier molecular flexibility index (Phi) is 8.36. The van der Waals surface area contributed by atoms with Crippen molar-refractivity contribution >= 4 is 29.4 Å². The van der Waals surface area contributed by atoms with Crippen molar-refractivity contribution < 1.29 is 19.1 Å². The van der Waals surface area contributed by atoms with Crippen LogP contribution >= 0.6 is 0 Å². The van der Waals surface area contributed by atoms with Gasteiger partial charge in [-0.1, -0.05) is 27.7 Å². The number of hydrogen-bond donors (Lipinski definition) is 1. The molecule has 7 heteroatoms. The summed E-state index contributed by atoms with van der Waals surface area (Å²) in [6, 6.07) is 10.1. The maximum absolute atomic E-state index is 12.4. The molecule has 1 aromatic heterocycles. The number of aromatic nitrogens is 1. The Morgan fingerprint density at radius 2 is 1.79 bits per heavy atom. The smallest absolute Gasteiger partial charge is 0.349 e. The molecule has 0 aliphatic heterocycles. The fraction of sp³-hybridized carbons (Fsp3) is 0.385. The number of hydrogen-bond acceptors (Lipinski definition) is 5. The Bertz CT molecular complexity index is 1110. The van der Waals surface area contributed by atoms with E-state index in [0.717, 1.165) is 29.9 Å². The van der Waals surface area contributed by atoms with Crippen LogP contribution in [0.5, 0.6) is 0 Å². The van der Waals surface area contributed by atoms with Crippen molar-refractivity contribution in [3.8, 4) is 6.07 Å². The average Bonchev–Trinajstić information content (AvgIpc) is 3.03. The standard InChI is InChI=1S/C26H31N3O4/c1-7-12-29-17(2)13-20(18(29)3)14-21(15-27)24(31)33-16-23(30)19-8-10-22(11-9-19)28-25(32)26(4,5)6/h8-11,13-14H,7,12,16H2,1-6H3,(H,28,32)/b21-14+. The van der Waals surface area contributed by atoms with E-state index in [1.165, 1.54) is 6.08 Å². The highest BCUT2D eigenvalue weighted by Crippen LogP contribution is 2.20. The normalized spacial score (nSPS) is 11.6. The van der Waals surface area contributed by atoms with Crippen molar-refractivity contribution in [1.29, 1.82) is 5.26 Å². The summed E-state index contributed by atoms with van der Waals surface area (Å²) in [6.07, 6.45) is 2.46. The summed E-state index contributed by atoms with van der Waals surface area (Å²) in [7, 11) is 0. The monoisotopic (exact) mass is 449 g/mol. The van der Waals surface area contributed by atoms with Crippen molar-refractivity contribution in [2.75, 3.05) is 11.9 Å². The topological polar surface area (TPSA) is 101 Å². The minimum absolute atomic E-state index is 0.137. The lowest BCUT2D eigenvalue weighted by Crippen LogP contribution is -2.27. The van der Waals surface area contributed by atoms with Crippen LogP contribution in [0.4, 0.5) is 5.69 Å². The van der Waals surface area contributed by atoms with E-state index in [4.69, 9.17) is 4.74 Å². The molecule has 2 aromatic rings. The number of carbonyl (C=O) groups is 3. The lowest BCUT2D eigenvalue weighted by molar-refractivity contribution is -0.137. The van der Waals surface area contributed by atoms with Crippen molar-refractivity contribution in [1.82, 2.24) is 4.57 Å². The number of Topliss-reactive ketones (excluding diaryl/α,β-unsaturated/α-hetero) is 1. The molecule has 2 rings (SSSR count). The molecule has 0 fully saturated rings. The lowest BCUT2D eigenvalue weighted by Gasteiger charge is -2.17. The van der Waals surface area contributed by atoms with E-state index in [1.807, 2.05) is 46.8 Å². The van der Waals surface area contributed by atoms with Gasteiger partial charge in [-0.25, -0.2) is 4.79 Å². The SMILES string of the molecule is CCCn1c(C)cc(/C=C(\C#N)C(=O)OCC(=O)c2ccc(NC(=O)C(C)(C)C)cc2)c1C. The number of aryl methyl sites for hydroxylation is 1. The Hall–Kier alpha value is -3.66. The molecule has 0 saturated heterocycles. The molecular weight excluding hydrogens is 418 g/mol. The van der Waals surface area contributed by atoms with Crippen LogP contribution in [-0.2, 0) is 20.9 Å². The molecule has 0 spiro atoms. The molecule has 0 radical (unpaired) electrons. The zero-order valence-corrected chi connectivity index (χ0v) is 20.1. The molecule has 0 unspecified atom stereocenters. The van der Waals surface area contributed by atoms with Crippen LogP contribution in [0, 0.1) is 30.6 Å². The number of nitrogens with zero attached hydrogens (tertiary/aromatic N) is 2. The zero-order chi connectivity index (χ0) is 24.8. The van der Waals surface area contributed by atoms with E-state index < -0.39 is 23.8 Å². The Morgan fingerprint density at radius 1 is 1.15 bits per heavy atom. The predicted octanol–water partition coefficient (Wildman–Crippen LogP) is 4.83. The average molecular weight is 450 g/mol. The molecule has 0 saturated carbocycles. The first-order valence-electron chi connectivity index (χ1n) is 10.9. The van der Waals surface area contributed by atoms with Gasteiger partial charge in [0.25, 0.3) is 0 Å². The van der Waals surface area contributed by atoms with Gasteiger partial charge in [0.2, 0.25) is 5.91 Å². The van der Waals surface area contributed by atoms with Gasteiger partial charge in [-0.05, 0) is 62.2 Å². The van der Waals surface area contributed by atoms with Crippen molar-refractivity contribution in [3.05, 3.63) is 58.4 Å². The van der Waals surface area contributed by atoms with Crippen LogP contribution in [0.15, 0.2) is 35.9 Å². The zero-order valence-electron chi connectivity index (χ0n) is 20.1. The largest absolute Gasteiger partial charge is 0.453 e. The summed E-state index contributed by atoms with van der Waals surface area (Å²) >= 11 is 0. The van der Waals surface area contributed by atoms with E-state index >= 15 is 0 Å². The van der Waals surface area contributed by atoms with Crippen molar-refractivity contribution in [3.63, 3.8) is 0 Å². The third-order valence-corrected chi connectivity index (χ3v) is 5.18. The lowest BCUT2D eigenvalue weighted by atomic mass is 9.95. The minimum atomic E-state index is -0.847. The van der Waals surface area contributed by atoms with Gasteiger partial charge in [0.15, 0.2) is 12.4 Å². The summed E-state index contributed by atoms with van der Waals surface area (Å²) < 4.78 is 7.22. The molecule has 0 bridgehead atoms. The number of esters is 1. The molecule has 174 valence electrons. The Morgan fingerprint density at radius 3 is 2.33 bits per heavy atom. The van der Waals surface area contributed by atoms with Gasteiger partial charge in [0.1, 0.15) is 11.6 Å². The van der Waals surface area contributed by atoms with Crippen LogP contribution in [0.1, 0.15) is 61.4 Å². The van der Waals surface area contributed by atoms with Gasteiger partial charge < -0.3 is 14.6 Å².